The van der Waals surface area contributed by atoms with Gasteiger partial charge >= 0.3 is 0 Å². The number of aromatic hydroxyl groups is 1. The molecule has 0 unspecified atom stereocenters. The molecule has 2 heteroatoms. The lowest BCUT2D eigenvalue weighted by molar-refractivity contribution is 0.475. The predicted molar refractivity (Wildman–Crippen MR) is 49.8 cm³/mol. The number of phenols is 1. The van der Waals surface area contributed by atoms with Crippen LogP contribution in [0.4, 0.5) is 0 Å². The van der Waals surface area contributed by atoms with Crippen molar-refractivity contribution in [2.24, 2.45) is 0 Å². The van der Waals surface area contributed by atoms with Crippen LogP contribution in [-0.2, 0) is 6.42 Å². The molecule has 0 amide bonds. The summed E-state index contributed by atoms with van der Waals surface area (Å²) in [7, 11) is 0. The Morgan fingerprint density at radius 2 is 1.92 bits per heavy atom. The fourth-order valence-corrected chi connectivity index (χ4v) is 0.985. The Morgan fingerprint density at radius 3 is 2.42 bits per heavy atom. The van der Waals surface area contributed by atoms with Crippen molar-refractivity contribution in [3.05, 3.63) is 29.8 Å². The number of benzene rings is 1. The van der Waals surface area contributed by atoms with E-state index in [1.165, 1.54) is 0 Å². The molecule has 1 rings (SSSR count). The Morgan fingerprint density at radius 1 is 1.33 bits per heavy atom. The Hall–Kier alpha value is -1.31. The second-order valence-corrected chi connectivity index (χ2v) is 2.80. The molecule has 0 saturated carbocycles. The van der Waals surface area contributed by atoms with Gasteiger partial charge in [0.1, 0.15) is 5.75 Å². The van der Waals surface area contributed by atoms with Gasteiger partial charge in [-0.2, -0.15) is 0 Å². The van der Waals surface area contributed by atoms with Crippen LogP contribution >= 0.6 is 0 Å². The summed E-state index contributed by atoms with van der Waals surface area (Å²) in [5.41, 5.74) is 1.81. The van der Waals surface area contributed by atoms with Crippen molar-refractivity contribution in [2.45, 2.75) is 19.8 Å². The summed E-state index contributed by atoms with van der Waals surface area (Å²) in [4.78, 5) is 0. The third kappa shape index (κ3) is 2.38. The van der Waals surface area contributed by atoms with Crippen LogP contribution in [0.25, 0.3) is 0 Å². The van der Waals surface area contributed by atoms with Crippen molar-refractivity contribution < 1.29 is 5.11 Å². The highest BCUT2D eigenvalue weighted by atomic mass is 16.3. The van der Waals surface area contributed by atoms with Gasteiger partial charge in [0.25, 0.3) is 0 Å². The van der Waals surface area contributed by atoms with Crippen LogP contribution < -0.4 is 0 Å². The summed E-state index contributed by atoms with van der Waals surface area (Å²) in [5, 5.41) is 16.5. The van der Waals surface area contributed by atoms with Gasteiger partial charge < -0.3 is 10.5 Å². The van der Waals surface area contributed by atoms with Gasteiger partial charge in [0.2, 0.25) is 0 Å². The van der Waals surface area contributed by atoms with Crippen molar-refractivity contribution in [1.29, 1.82) is 5.41 Å². The molecule has 0 bridgehead atoms. The van der Waals surface area contributed by atoms with E-state index in [-0.39, 0.29) is 5.75 Å². The average Bonchev–Trinajstić information content (AvgIpc) is 2.09. The predicted octanol–water partition coefficient (Wildman–Crippen LogP) is 2.36. The van der Waals surface area contributed by atoms with E-state index in [0.717, 1.165) is 17.7 Å². The Labute approximate surface area is 72.4 Å². The van der Waals surface area contributed by atoms with Gasteiger partial charge in [0, 0.05) is 12.1 Å². The lowest BCUT2D eigenvalue weighted by Crippen LogP contribution is -1.98. The molecule has 0 radical (unpaired) electrons. The molecule has 0 spiro atoms. The molecule has 0 heterocycles. The topological polar surface area (TPSA) is 44.1 Å². The van der Waals surface area contributed by atoms with Crippen molar-refractivity contribution in [3.63, 3.8) is 0 Å². The maximum absolute atomic E-state index is 8.99. The zero-order chi connectivity index (χ0) is 8.97. The number of hydrogen-bond acceptors (Lipinski definition) is 2. The summed E-state index contributed by atoms with van der Waals surface area (Å²) in [6.07, 6.45) is 1.48. The fraction of sp³-hybridized carbons (Fsp3) is 0.300. The molecule has 0 atom stereocenters. The number of hydrogen-bond donors (Lipinski definition) is 2. The van der Waals surface area contributed by atoms with Crippen LogP contribution in [0.15, 0.2) is 24.3 Å². The molecular weight excluding hydrogens is 150 g/mol. The third-order valence-corrected chi connectivity index (χ3v) is 1.78. The molecule has 0 saturated heterocycles. The molecule has 12 heavy (non-hydrogen) atoms. The van der Waals surface area contributed by atoms with E-state index < -0.39 is 0 Å². The van der Waals surface area contributed by atoms with E-state index in [9.17, 15) is 0 Å². The largest absolute Gasteiger partial charge is 0.508 e. The summed E-state index contributed by atoms with van der Waals surface area (Å²) in [6.45, 7) is 1.97. The van der Waals surface area contributed by atoms with Crippen molar-refractivity contribution in [1.82, 2.24) is 0 Å². The SMILES string of the molecule is CCC(=N)Cc1ccc(O)cc1. The molecule has 2 N–H and O–H groups in total. The maximum Gasteiger partial charge on any atom is 0.115 e. The lowest BCUT2D eigenvalue weighted by atomic mass is 10.1. The minimum absolute atomic E-state index is 0.279. The van der Waals surface area contributed by atoms with Gasteiger partial charge in [-0.25, -0.2) is 0 Å². The second-order valence-electron chi connectivity index (χ2n) is 2.80. The molecule has 0 aliphatic carbocycles. The monoisotopic (exact) mass is 163 g/mol. The van der Waals surface area contributed by atoms with Crippen molar-refractivity contribution >= 4 is 5.71 Å². The van der Waals surface area contributed by atoms with Crippen LogP contribution in [0.1, 0.15) is 18.9 Å². The molecule has 0 aliphatic heterocycles. The first-order valence-corrected chi connectivity index (χ1v) is 4.06. The summed E-state index contributed by atoms with van der Waals surface area (Å²) in [5.74, 6) is 0.279. The van der Waals surface area contributed by atoms with Crippen LogP contribution in [0.5, 0.6) is 5.75 Å². The highest BCUT2D eigenvalue weighted by Crippen LogP contribution is 2.10. The second kappa shape index (κ2) is 3.90. The average molecular weight is 163 g/mol. The highest BCUT2D eigenvalue weighted by molar-refractivity contribution is 5.83. The van der Waals surface area contributed by atoms with Gasteiger partial charge in [-0.1, -0.05) is 19.1 Å². The van der Waals surface area contributed by atoms with Crippen LogP contribution in [0.3, 0.4) is 0 Å². The third-order valence-electron chi connectivity index (χ3n) is 1.78. The van der Waals surface area contributed by atoms with Crippen molar-refractivity contribution in [2.75, 3.05) is 0 Å². The Bertz CT molecular complexity index is 264. The number of nitrogens with one attached hydrogen (secondary N) is 1. The number of rotatable bonds is 3. The maximum atomic E-state index is 8.99. The van der Waals surface area contributed by atoms with E-state index >= 15 is 0 Å². The summed E-state index contributed by atoms with van der Waals surface area (Å²) >= 11 is 0. The summed E-state index contributed by atoms with van der Waals surface area (Å²) < 4.78 is 0. The van der Waals surface area contributed by atoms with Gasteiger partial charge in [-0.05, 0) is 24.1 Å². The Balaban J connectivity index is 2.64. The van der Waals surface area contributed by atoms with E-state index in [1.54, 1.807) is 12.1 Å². The van der Waals surface area contributed by atoms with Gasteiger partial charge in [0.05, 0.1) is 0 Å². The molecule has 2 nitrogen and oxygen atoms in total. The lowest BCUT2D eigenvalue weighted by Gasteiger charge is -2.00. The highest BCUT2D eigenvalue weighted by Gasteiger charge is 1.96. The molecule has 0 aliphatic rings. The first-order chi connectivity index (χ1) is 5.72. The van der Waals surface area contributed by atoms with E-state index in [0.29, 0.717) is 6.42 Å². The van der Waals surface area contributed by atoms with Crippen LogP contribution in [-0.4, -0.2) is 10.8 Å². The molecule has 64 valence electrons. The molecule has 0 aromatic heterocycles. The van der Waals surface area contributed by atoms with Gasteiger partial charge in [0.15, 0.2) is 0 Å². The first kappa shape index (κ1) is 8.78. The zero-order valence-electron chi connectivity index (χ0n) is 7.17. The molecule has 1 aromatic rings. The van der Waals surface area contributed by atoms with Gasteiger partial charge in [-0.3, -0.25) is 0 Å². The van der Waals surface area contributed by atoms with E-state index in [4.69, 9.17) is 10.5 Å². The standard InChI is InChI=1S/C10H13NO/c1-2-9(11)7-8-3-5-10(12)6-4-8/h3-6,11-12H,2,7H2,1H3. The Kier molecular flexibility index (Phi) is 2.86. The smallest absolute Gasteiger partial charge is 0.115 e. The summed E-state index contributed by atoms with van der Waals surface area (Å²) in [6, 6.07) is 7.00. The molecule has 1 aromatic carbocycles. The molecule has 0 fully saturated rings. The molecular formula is C10H13NO. The van der Waals surface area contributed by atoms with Crippen molar-refractivity contribution in [3.8, 4) is 5.75 Å². The zero-order valence-corrected chi connectivity index (χ0v) is 7.17. The quantitative estimate of drug-likeness (QED) is 0.660. The normalized spacial score (nSPS) is 9.75. The number of phenolic OH excluding ortho intramolecular Hbond substituents is 1. The van der Waals surface area contributed by atoms with E-state index in [1.807, 2.05) is 19.1 Å². The minimum Gasteiger partial charge on any atom is -0.508 e. The fourth-order valence-electron chi connectivity index (χ4n) is 0.985. The minimum atomic E-state index is 0.279. The van der Waals surface area contributed by atoms with Crippen LogP contribution in [0, 0.1) is 5.41 Å². The first-order valence-electron chi connectivity index (χ1n) is 4.06. The van der Waals surface area contributed by atoms with Crippen LogP contribution in [0.2, 0.25) is 0 Å². The van der Waals surface area contributed by atoms with Gasteiger partial charge in [-0.15, -0.1) is 0 Å². The van der Waals surface area contributed by atoms with E-state index in [2.05, 4.69) is 0 Å².